The first-order valence-electron chi connectivity index (χ1n) is 9.93. The van der Waals surface area contributed by atoms with Gasteiger partial charge in [-0.1, -0.05) is 78.9 Å². The van der Waals surface area contributed by atoms with Crippen molar-refractivity contribution in [3.8, 4) is 0 Å². The standard InChI is InChI=1S/C27H23N/c1-3-28-26-11-7-6-10-24(26)25-17-14-20(18-27(25)28)13-16-21-15-12-19(2)22-8-4-5-9-23(21)22/h4-18H,3H2,1-2H3/b16-13+. The largest absolute Gasteiger partial charge is 0.341 e. The summed E-state index contributed by atoms with van der Waals surface area (Å²) in [6, 6.07) is 28.5. The van der Waals surface area contributed by atoms with E-state index in [2.05, 4.69) is 109 Å². The van der Waals surface area contributed by atoms with Gasteiger partial charge in [0.05, 0.1) is 0 Å². The molecular weight excluding hydrogens is 338 g/mol. The van der Waals surface area contributed by atoms with Crippen LogP contribution < -0.4 is 0 Å². The summed E-state index contributed by atoms with van der Waals surface area (Å²) < 4.78 is 2.41. The van der Waals surface area contributed by atoms with Gasteiger partial charge in [0.2, 0.25) is 0 Å². The van der Waals surface area contributed by atoms with Gasteiger partial charge in [0.1, 0.15) is 0 Å². The molecule has 0 aliphatic rings. The molecule has 0 aliphatic heterocycles. The fraction of sp³-hybridized carbons (Fsp3) is 0.111. The van der Waals surface area contributed by atoms with Crippen LogP contribution in [0.2, 0.25) is 0 Å². The second-order valence-corrected chi connectivity index (χ2v) is 7.39. The average Bonchev–Trinajstić information content (AvgIpc) is 3.06. The van der Waals surface area contributed by atoms with Crippen molar-refractivity contribution in [3.63, 3.8) is 0 Å². The second-order valence-electron chi connectivity index (χ2n) is 7.39. The van der Waals surface area contributed by atoms with Gasteiger partial charge in [0.25, 0.3) is 0 Å². The van der Waals surface area contributed by atoms with Gasteiger partial charge in [0.15, 0.2) is 0 Å². The molecule has 0 fully saturated rings. The van der Waals surface area contributed by atoms with E-state index in [0.717, 1.165) is 6.54 Å². The number of rotatable bonds is 3. The highest BCUT2D eigenvalue weighted by Gasteiger charge is 2.09. The number of fused-ring (bicyclic) bond motifs is 4. The summed E-state index contributed by atoms with van der Waals surface area (Å²) in [5.74, 6) is 0. The lowest BCUT2D eigenvalue weighted by Crippen LogP contribution is -1.92. The van der Waals surface area contributed by atoms with Crippen molar-refractivity contribution in [1.29, 1.82) is 0 Å². The highest BCUT2D eigenvalue weighted by Crippen LogP contribution is 2.30. The summed E-state index contributed by atoms with van der Waals surface area (Å²) in [7, 11) is 0. The normalized spacial score (nSPS) is 11.9. The van der Waals surface area contributed by atoms with Gasteiger partial charge in [-0.05, 0) is 53.4 Å². The van der Waals surface area contributed by atoms with E-state index in [1.54, 1.807) is 0 Å². The average molecular weight is 361 g/mol. The zero-order chi connectivity index (χ0) is 19.1. The Morgan fingerprint density at radius 2 is 1.39 bits per heavy atom. The molecule has 0 unspecified atom stereocenters. The molecule has 0 atom stereocenters. The van der Waals surface area contributed by atoms with E-state index in [1.807, 2.05) is 0 Å². The summed E-state index contributed by atoms with van der Waals surface area (Å²) >= 11 is 0. The Hall–Kier alpha value is -3.32. The third-order valence-corrected chi connectivity index (χ3v) is 5.74. The Balaban J connectivity index is 1.63. The van der Waals surface area contributed by atoms with Crippen LogP contribution in [0.15, 0.2) is 78.9 Å². The number of aromatic nitrogens is 1. The van der Waals surface area contributed by atoms with Crippen LogP contribution in [0.3, 0.4) is 0 Å². The number of benzene rings is 4. The molecule has 0 saturated carbocycles. The first-order chi connectivity index (χ1) is 13.8. The van der Waals surface area contributed by atoms with Crippen molar-refractivity contribution in [2.45, 2.75) is 20.4 Å². The first-order valence-corrected chi connectivity index (χ1v) is 9.93. The Morgan fingerprint density at radius 1 is 0.679 bits per heavy atom. The van der Waals surface area contributed by atoms with Gasteiger partial charge in [0, 0.05) is 28.4 Å². The smallest absolute Gasteiger partial charge is 0.0497 e. The molecule has 1 heterocycles. The van der Waals surface area contributed by atoms with Crippen LogP contribution in [-0.4, -0.2) is 4.57 Å². The Labute approximate surface area is 165 Å². The zero-order valence-electron chi connectivity index (χ0n) is 16.3. The fourth-order valence-corrected chi connectivity index (χ4v) is 4.32. The minimum atomic E-state index is 0.972. The predicted molar refractivity (Wildman–Crippen MR) is 123 cm³/mol. The van der Waals surface area contributed by atoms with E-state index < -0.39 is 0 Å². The molecule has 5 aromatic rings. The molecule has 0 N–H and O–H groups in total. The number of para-hydroxylation sites is 1. The number of hydrogen-bond donors (Lipinski definition) is 0. The third-order valence-electron chi connectivity index (χ3n) is 5.74. The summed E-state index contributed by atoms with van der Waals surface area (Å²) in [4.78, 5) is 0. The van der Waals surface area contributed by atoms with E-state index in [0.29, 0.717) is 0 Å². The molecule has 136 valence electrons. The van der Waals surface area contributed by atoms with Crippen LogP contribution in [0, 0.1) is 6.92 Å². The lowest BCUT2D eigenvalue weighted by atomic mass is 9.99. The number of aryl methyl sites for hydroxylation is 2. The lowest BCUT2D eigenvalue weighted by molar-refractivity contribution is 0.827. The minimum Gasteiger partial charge on any atom is -0.341 e. The van der Waals surface area contributed by atoms with E-state index in [1.165, 1.54) is 49.3 Å². The van der Waals surface area contributed by atoms with Gasteiger partial charge in [-0.15, -0.1) is 0 Å². The van der Waals surface area contributed by atoms with Crippen molar-refractivity contribution in [2.75, 3.05) is 0 Å². The monoisotopic (exact) mass is 361 g/mol. The quantitative estimate of drug-likeness (QED) is 0.294. The maximum atomic E-state index is 2.41. The van der Waals surface area contributed by atoms with Crippen LogP contribution in [0.5, 0.6) is 0 Å². The van der Waals surface area contributed by atoms with Gasteiger partial charge < -0.3 is 4.57 Å². The van der Waals surface area contributed by atoms with Crippen molar-refractivity contribution in [2.24, 2.45) is 0 Å². The molecule has 5 rings (SSSR count). The van der Waals surface area contributed by atoms with Crippen LogP contribution in [0.1, 0.15) is 23.6 Å². The molecule has 0 saturated heterocycles. The summed E-state index contributed by atoms with van der Waals surface area (Å²) in [6.07, 6.45) is 4.47. The molecule has 1 nitrogen and oxygen atoms in total. The van der Waals surface area contributed by atoms with Crippen LogP contribution >= 0.6 is 0 Å². The van der Waals surface area contributed by atoms with Crippen molar-refractivity contribution in [3.05, 3.63) is 95.6 Å². The van der Waals surface area contributed by atoms with Gasteiger partial charge in [-0.25, -0.2) is 0 Å². The Kier molecular flexibility index (Phi) is 4.02. The van der Waals surface area contributed by atoms with E-state index in [-0.39, 0.29) is 0 Å². The second kappa shape index (κ2) is 6.69. The molecular formula is C27H23N. The molecule has 0 amide bonds. The highest BCUT2D eigenvalue weighted by molar-refractivity contribution is 6.08. The first kappa shape index (κ1) is 16.8. The maximum absolute atomic E-state index is 2.41. The maximum Gasteiger partial charge on any atom is 0.0497 e. The van der Waals surface area contributed by atoms with E-state index in [4.69, 9.17) is 0 Å². The topological polar surface area (TPSA) is 4.93 Å². The highest BCUT2D eigenvalue weighted by atomic mass is 15.0. The third kappa shape index (κ3) is 2.63. The Morgan fingerprint density at radius 3 is 2.21 bits per heavy atom. The SMILES string of the molecule is CCn1c2ccccc2c2ccc(/C=C/c3ccc(C)c4ccccc34)cc21. The molecule has 0 bridgehead atoms. The number of hydrogen-bond acceptors (Lipinski definition) is 0. The molecule has 0 aliphatic carbocycles. The van der Waals surface area contributed by atoms with Crippen LogP contribution in [0.4, 0.5) is 0 Å². The minimum absolute atomic E-state index is 0.972. The molecule has 4 aromatic carbocycles. The van der Waals surface area contributed by atoms with Crippen molar-refractivity contribution in [1.82, 2.24) is 4.57 Å². The lowest BCUT2D eigenvalue weighted by Gasteiger charge is -2.06. The summed E-state index contributed by atoms with van der Waals surface area (Å²) in [5.41, 5.74) is 6.43. The fourth-order valence-electron chi connectivity index (χ4n) is 4.32. The predicted octanol–water partition coefficient (Wildman–Crippen LogP) is 7.45. The summed E-state index contributed by atoms with van der Waals surface area (Å²) in [6.45, 7) is 5.36. The van der Waals surface area contributed by atoms with E-state index >= 15 is 0 Å². The van der Waals surface area contributed by atoms with Gasteiger partial charge in [-0.3, -0.25) is 0 Å². The molecule has 28 heavy (non-hydrogen) atoms. The van der Waals surface area contributed by atoms with Crippen LogP contribution in [-0.2, 0) is 6.54 Å². The Bertz CT molecular complexity index is 1350. The van der Waals surface area contributed by atoms with Gasteiger partial charge >= 0.3 is 0 Å². The van der Waals surface area contributed by atoms with Crippen molar-refractivity contribution >= 4 is 44.7 Å². The number of nitrogens with zero attached hydrogens (tertiary/aromatic N) is 1. The summed E-state index contributed by atoms with van der Waals surface area (Å²) in [5, 5.41) is 5.29. The van der Waals surface area contributed by atoms with E-state index in [9.17, 15) is 0 Å². The molecule has 0 spiro atoms. The van der Waals surface area contributed by atoms with Crippen molar-refractivity contribution < 1.29 is 0 Å². The van der Waals surface area contributed by atoms with Crippen LogP contribution in [0.25, 0.3) is 44.7 Å². The molecule has 0 radical (unpaired) electrons. The van der Waals surface area contributed by atoms with Gasteiger partial charge in [-0.2, -0.15) is 0 Å². The molecule has 1 heteroatoms. The zero-order valence-corrected chi connectivity index (χ0v) is 16.3. The molecule has 1 aromatic heterocycles.